The smallest absolute Gasteiger partial charge is 0.358 e. The molecule has 2 aromatic heterocycles. The third-order valence-corrected chi connectivity index (χ3v) is 2.64. The maximum absolute atomic E-state index is 11.2. The van der Waals surface area contributed by atoms with Crippen LogP contribution >= 0.6 is 0 Å². The Kier molecular flexibility index (Phi) is 4.07. The number of carbonyl (C=O) groups excluding carboxylic acids is 1. The third-order valence-electron chi connectivity index (χ3n) is 2.64. The number of aromatic nitrogens is 4. The molecule has 7 nitrogen and oxygen atoms in total. The van der Waals surface area contributed by atoms with Gasteiger partial charge in [0, 0.05) is 12.4 Å². The zero-order valence-electron chi connectivity index (χ0n) is 10.8. The summed E-state index contributed by atoms with van der Waals surface area (Å²) in [6.07, 6.45) is 4.31. The zero-order valence-corrected chi connectivity index (χ0v) is 10.8. The number of aromatic amines is 1. The largest absolute Gasteiger partial charge is 0.464 e. The van der Waals surface area contributed by atoms with Crippen LogP contribution in [0.2, 0.25) is 0 Å². The Morgan fingerprint density at radius 1 is 1.47 bits per heavy atom. The van der Waals surface area contributed by atoms with Crippen molar-refractivity contribution < 1.29 is 9.53 Å². The van der Waals surface area contributed by atoms with Gasteiger partial charge in [-0.25, -0.2) is 9.78 Å². The number of ether oxygens (including phenoxy) is 1. The van der Waals surface area contributed by atoms with Gasteiger partial charge in [0.25, 0.3) is 0 Å². The molecule has 0 aliphatic rings. The summed E-state index contributed by atoms with van der Waals surface area (Å²) in [4.78, 5) is 18.5. The molecule has 0 aliphatic heterocycles. The number of nitrogens with zero attached hydrogens (tertiary/aromatic N) is 3. The molecule has 2 heterocycles. The average Bonchev–Trinajstić information content (AvgIpc) is 2.98. The van der Waals surface area contributed by atoms with Crippen molar-refractivity contribution in [3.63, 3.8) is 0 Å². The second kappa shape index (κ2) is 5.94. The van der Waals surface area contributed by atoms with E-state index in [1.807, 2.05) is 6.92 Å². The summed E-state index contributed by atoms with van der Waals surface area (Å²) in [5.41, 5.74) is 0.180. The van der Waals surface area contributed by atoms with Crippen LogP contribution in [0.4, 0.5) is 5.82 Å². The van der Waals surface area contributed by atoms with Crippen LogP contribution in [0.25, 0.3) is 0 Å². The Morgan fingerprint density at radius 3 is 2.84 bits per heavy atom. The topological polar surface area (TPSA) is 92.8 Å². The van der Waals surface area contributed by atoms with Crippen molar-refractivity contribution in [1.82, 2.24) is 20.2 Å². The highest BCUT2D eigenvalue weighted by atomic mass is 16.5. The normalized spacial score (nSPS) is 11.9. The Labute approximate surface area is 110 Å². The summed E-state index contributed by atoms with van der Waals surface area (Å²) in [6, 6.07) is 3.27. The van der Waals surface area contributed by atoms with E-state index in [0.717, 1.165) is 12.2 Å². The van der Waals surface area contributed by atoms with Crippen molar-refractivity contribution >= 4 is 11.8 Å². The molecule has 7 heteroatoms. The molecule has 1 unspecified atom stereocenters. The Bertz CT molecular complexity index is 524. The number of rotatable bonds is 5. The predicted octanol–water partition coefficient (Wildman–Crippen LogP) is 1.55. The van der Waals surface area contributed by atoms with Crippen molar-refractivity contribution in [3.8, 4) is 0 Å². The fraction of sp³-hybridized carbons (Fsp3) is 0.333. The SMILES string of the molecule is CCC(Nc1ccc(C(=O)OC)nn1)c1ncc[nH]1. The monoisotopic (exact) mass is 261 g/mol. The minimum atomic E-state index is -0.503. The third kappa shape index (κ3) is 3.06. The number of H-pyrrole nitrogens is 1. The second-order valence-corrected chi connectivity index (χ2v) is 3.87. The number of imidazole rings is 1. The number of nitrogens with one attached hydrogen (secondary N) is 2. The first kappa shape index (κ1) is 13.0. The van der Waals surface area contributed by atoms with Gasteiger partial charge in [-0.2, -0.15) is 0 Å². The first-order valence-electron chi connectivity index (χ1n) is 5.92. The van der Waals surface area contributed by atoms with Crippen LogP contribution in [-0.2, 0) is 4.74 Å². The number of hydrogen-bond donors (Lipinski definition) is 2. The van der Waals surface area contributed by atoms with Crippen LogP contribution < -0.4 is 5.32 Å². The van der Waals surface area contributed by atoms with E-state index in [0.29, 0.717) is 5.82 Å². The highest BCUT2D eigenvalue weighted by Crippen LogP contribution is 2.17. The summed E-state index contributed by atoms with van der Waals surface area (Å²) in [6.45, 7) is 2.04. The van der Waals surface area contributed by atoms with E-state index in [1.54, 1.807) is 24.5 Å². The minimum Gasteiger partial charge on any atom is -0.464 e. The Hall–Kier alpha value is -2.44. The Balaban J connectivity index is 2.08. The van der Waals surface area contributed by atoms with Gasteiger partial charge in [-0.1, -0.05) is 6.92 Å². The van der Waals surface area contributed by atoms with E-state index in [-0.39, 0.29) is 11.7 Å². The van der Waals surface area contributed by atoms with E-state index in [4.69, 9.17) is 0 Å². The molecule has 0 aliphatic carbocycles. The number of anilines is 1. The zero-order chi connectivity index (χ0) is 13.7. The first-order chi connectivity index (χ1) is 9.24. The summed E-state index contributed by atoms with van der Waals surface area (Å²) >= 11 is 0. The Morgan fingerprint density at radius 2 is 2.32 bits per heavy atom. The molecule has 0 bridgehead atoms. The highest BCUT2D eigenvalue weighted by molar-refractivity contribution is 5.86. The van der Waals surface area contributed by atoms with Gasteiger partial charge in [-0.15, -0.1) is 10.2 Å². The van der Waals surface area contributed by atoms with Crippen LogP contribution in [0, 0.1) is 0 Å². The summed E-state index contributed by atoms with van der Waals surface area (Å²) in [5.74, 6) is 0.911. The van der Waals surface area contributed by atoms with Crippen molar-refractivity contribution in [1.29, 1.82) is 0 Å². The molecule has 1 atom stereocenters. The van der Waals surface area contributed by atoms with Gasteiger partial charge in [0.15, 0.2) is 5.69 Å². The molecule has 0 aromatic carbocycles. The lowest BCUT2D eigenvalue weighted by Gasteiger charge is -2.14. The molecule has 0 amide bonds. The van der Waals surface area contributed by atoms with Crippen molar-refractivity contribution in [2.75, 3.05) is 12.4 Å². The molecule has 0 saturated heterocycles. The second-order valence-electron chi connectivity index (χ2n) is 3.87. The standard InChI is InChI=1S/C12H15N5O2/c1-3-8(11-13-6-7-14-11)15-10-5-4-9(16-17-10)12(18)19-2/h4-8H,3H2,1-2H3,(H,13,14)(H,15,17). The fourth-order valence-corrected chi connectivity index (χ4v) is 1.63. The van der Waals surface area contributed by atoms with Crippen LogP contribution in [0.1, 0.15) is 35.7 Å². The van der Waals surface area contributed by atoms with Crippen molar-refractivity contribution in [2.45, 2.75) is 19.4 Å². The molecule has 0 fully saturated rings. The summed E-state index contributed by atoms with van der Waals surface area (Å²) in [7, 11) is 1.31. The number of esters is 1. The van der Waals surface area contributed by atoms with Gasteiger partial charge in [0.05, 0.1) is 13.2 Å². The number of methoxy groups -OCH3 is 1. The maximum atomic E-state index is 11.2. The fourth-order valence-electron chi connectivity index (χ4n) is 1.63. The summed E-state index contributed by atoms with van der Waals surface area (Å²) < 4.78 is 4.56. The van der Waals surface area contributed by atoms with E-state index in [9.17, 15) is 4.79 Å². The lowest BCUT2D eigenvalue weighted by Crippen LogP contribution is -2.14. The van der Waals surface area contributed by atoms with E-state index in [2.05, 4.69) is 30.2 Å². The quantitative estimate of drug-likeness (QED) is 0.793. The molecule has 0 saturated carbocycles. The minimum absolute atomic E-state index is 0.0216. The first-order valence-corrected chi connectivity index (χ1v) is 5.92. The number of hydrogen-bond acceptors (Lipinski definition) is 6. The predicted molar refractivity (Wildman–Crippen MR) is 68.6 cm³/mol. The molecule has 0 radical (unpaired) electrons. The lowest BCUT2D eigenvalue weighted by molar-refractivity contribution is 0.0593. The van der Waals surface area contributed by atoms with Crippen LogP contribution in [-0.4, -0.2) is 33.2 Å². The van der Waals surface area contributed by atoms with Crippen molar-refractivity contribution in [2.24, 2.45) is 0 Å². The van der Waals surface area contributed by atoms with Gasteiger partial charge < -0.3 is 15.0 Å². The molecule has 0 spiro atoms. The van der Waals surface area contributed by atoms with Crippen molar-refractivity contribution in [3.05, 3.63) is 36.0 Å². The molecule has 2 rings (SSSR count). The average molecular weight is 261 g/mol. The highest BCUT2D eigenvalue weighted by Gasteiger charge is 2.13. The van der Waals surface area contributed by atoms with Gasteiger partial charge in [-0.3, -0.25) is 0 Å². The molecule has 100 valence electrons. The lowest BCUT2D eigenvalue weighted by atomic mass is 10.2. The van der Waals surface area contributed by atoms with Crippen LogP contribution in [0.5, 0.6) is 0 Å². The van der Waals surface area contributed by atoms with Crippen LogP contribution in [0.3, 0.4) is 0 Å². The summed E-state index contributed by atoms with van der Waals surface area (Å²) in [5, 5.41) is 10.9. The van der Waals surface area contributed by atoms with Gasteiger partial charge in [0.1, 0.15) is 11.6 Å². The van der Waals surface area contributed by atoms with Gasteiger partial charge in [0.2, 0.25) is 0 Å². The van der Waals surface area contributed by atoms with Gasteiger partial charge >= 0.3 is 5.97 Å². The molecular formula is C12H15N5O2. The van der Waals surface area contributed by atoms with Crippen LogP contribution in [0.15, 0.2) is 24.5 Å². The molecule has 2 N–H and O–H groups in total. The number of carbonyl (C=O) groups is 1. The maximum Gasteiger partial charge on any atom is 0.358 e. The van der Waals surface area contributed by atoms with E-state index >= 15 is 0 Å². The van der Waals surface area contributed by atoms with E-state index in [1.165, 1.54) is 7.11 Å². The van der Waals surface area contributed by atoms with Gasteiger partial charge in [-0.05, 0) is 18.6 Å². The molecule has 2 aromatic rings. The molecule has 19 heavy (non-hydrogen) atoms. The van der Waals surface area contributed by atoms with E-state index < -0.39 is 5.97 Å². The molecular weight excluding hydrogens is 246 g/mol.